The third-order valence-electron chi connectivity index (χ3n) is 4.23. The number of rotatable bonds is 5. The first-order chi connectivity index (χ1) is 12.5. The molecule has 6 nitrogen and oxygen atoms in total. The van der Waals surface area contributed by atoms with Gasteiger partial charge in [0.25, 0.3) is 11.8 Å². The van der Waals surface area contributed by atoms with Gasteiger partial charge in [-0.2, -0.15) is 0 Å². The molecule has 1 aromatic carbocycles. The molecule has 0 aliphatic carbocycles. The molecule has 3 rings (SSSR count). The lowest BCUT2D eigenvalue weighted by Crippen LogP contribution is -2.31. The van der Waals surface area contributed by atoms with Crippen LogP contribution in [0.4, 0.5) is 11.4 Å². The maximum atomic E-state index is 12.4. The first-order valence-corrected chi connectivity index (χ1v) is 8.97. The van der Waals surface area contributed by atoms with E-state index in [0.717, 1.165) is 13.1 Å². The molecule has 2 aromatic rings. The molecule has 0 unspecified atom stereocenters. The monoisotopic (exact) mass is 352 g/mol. The van der Waals surface area contributed by atoms with Crippen molar-refractivity contribution in [2.75, 3.05) is 23.3 Å². The van der Waals surface area contributed by atoms with Crippen molar-refractivity contribution in [1.29, 1.82) is 0 Å². The van der Waals surface area contributed by atoms with Crippen molar-refractivity contribution < 1.29 is 9.59 Å². The lowest BCUT2D eigenvalue weighted by atomic mass is 10.2. The summed E-state index contributed by atoms with van der Waals surface area (Å²) in [6, 6.07) is 12.7. The van der Waals surface area contributed by atoms with Gasteiger partial charge in [-0.3, -0.25) is 9.59 Å². The minimum Gasteiger partial charge on any atom is -0.372 e. The van der Waals surface area contributed by atoms with Gasteiger partial charge in [-0.05, 0) is 63.1 Å². The zero-order valence-corrected chi connectivity index (χ0v) is 15.2. The highest BCUT2D eigenvalue weighted by molar-refractivity contribution is 6.03. The molecule has 1 aromatic heterocycles. The molecule has 1 aliphatic rings. The van der Waals surface area contributed by atoms with E-state index in [1.165, 1.54) is 18.5 Å². The van der Waals surface area contributed by atoms with E-state index >= 15 is 0 Å². The van der Waals surface area contributed by atoms with Gasteiger partial charge < -0.3 is 15.5 Å². The van der Waals surface area contributed by atoms with Crippen LogP contribution in [0.5, 0.6) is 0 Å². The second-order valence-corrected chi connectivity index (χ2v) is 6.73. The molecule has 6 heteroatoms. The largest absolute Gasteiger partial charge is 0.372 e. The van der Waals surface area contributed by atoms with Gasteiger partial charge >= 0.3 is 0 Å². The van der Waals surface area contributed by atoms with Crippen molar-refractivity contribution in [1.82, 2.24) is 10.3 Å². The fourth-order valence-electron chi connectivity index (χ4n) is 2.95. The van der Waals surface area contributed by atoms with Gasteiger partial charge in [-0.15, -0.1) is 0 Å². The summed E-state index contributed by atoms with van der Waals surface area (Å²) < 4.78 is 0. The predicted octanol–water partition coefficient (Wildman–Crippen LogP) is 3.07. The van der Waals surface area contributed by atoms with Crippen LogP contribution in [0, 0.1) is 0 Å². The fourth-order valence-corrected chi connectivity index (χ4v) is 2.95. The number of carbonyl (C=O) groups is 2. The lowest BCUT2D eigenvalue weighted by molar-refractivity contribution is 0.0938. The average molecular weight is 352 g/mol. The smallest absolute Gasteiger partial charge is 0.274 e. The van der Waals surface area contributed by atoms with Gasteiger partial charge in [0.05, 0.1) is 0 Å². The second-order valence-electron chi connectivity index (χ2n) is 6.73. The predicted molar refractivity (Wildman–Crippen MR) is 103 cm³/mol. The van der Waals surface area contributed by atoms with Gasteiger partial charge in [0.2, 0.25) is 0 Å². The number of hydrogen-bond donors (Lipinski definition) is 2. The molecule has 1 saturated heterocycles. The molecule has 0 saturated carbocycles. The highest BCUT2D eigenvalue weighted by atomic mass is 16.2. The van der Waals surface area contributed by atoms with Crippen LogP contribution in [-0.2, 0) is 0 Å². The Morgan fingerprint density at radius 1 is 0.962 bits per heavy atom. The van der Waals surface area contributed by atoms with Crippen LogP contribution in [0.1, 0.15) is 47.7 Å². The number of hydrogen-bond acceptors (Lipinski definition) is 4. The molecule has 26 heavy (non-hydrogen) atoms. The molecular weight excluding hydrogens is 328 g/mol. The summed E-state index contributed by atoms with van der Waals surface area (Å²) in [6.45, 7) is 5.92. The average Bonchev–Trinajstić information content (AvgIpc) is 3.16. The van der Waals surface area contributed by atoms with E-state index in [1.807, 2.05) is 38.1 Å². The summed E-state index contributed by atoms with van der Waals surface area (Å²) in [4.78, 5) is 31.0. The van der Waals surface area contributed by atoms with Crippen LogP contribution in [0.3, 0.4) is 0 Å². The van der Waals surface area contributed by atoms with Crippen molar-refractivity contribution in [3.63, 3.8) is 0 Å². The van der Waals surface area contributed by atoms with E-state index < -0.39 is 0 Å². The van der Waals surface area contributed by atoms with Crippen molar-refractivity contribution in [3.05, 3.63) is 53.9 Å². The second kappa shape index (κ2) is 7.99. The van der Waals surface area contributed by atoms with Gasteiger partial charge in [0, 0.05) is 30.5 Å². The maximum Gasteiger partial charge on any atom is 0.274 e. The summed E-state index contributed by atoms with van der Waals surface area (Å²) in [5, 5.41) is 5.60. The SMILES string of the molecule is CC(C)NC(=O)c1cccc(C(=O)Nc2ccc(N3CCCC3)cc2)n1. The first kappa shape index (κ1) is 17.9. The number of carbonyl (C=O) groups excluding carboxylic acids is 2. The number of amides is 2. The Morgan fingerprint density at radius 3 is 2.19 bits per heavy atom. The van der Waals surface area contributed by atoms with Crippen LogP contribution in [0.15, 0.2) is 42.5 Å². The molecule has 0 atom stereocenters. The van der Waals surface area contributed by atoms with E-state index in [-0.39, 0.29) is 29.2 Å². The summed E-state index contributed by atoms with van der Waals surface area (Å²) in [6.07, 6.45) is 2.45. The molecule has 2 amide bonds. The topological polar surface area (TPSA) is 74.3 Å². The van der Waals surface area contributed by atoms with Crippen molar-refractivity contribution in [2.24, 2.45) is 0 Å². The number of aromatic nitrogens is 1. The van der Waals surface area contributed by atoms with Gasteiger partial charge in [0.15, 0.2) is 0 Å². The van der Waals surface area contributed by atoms with E-state index in [2.05, 4.69) is 20.5 Å². The molecule has 2 N–H and O–H groups in total. The minimum atomic E-state index is -0.335. The van der Waals surface area contributed by atoms with Crippen molar-refractivity contribution >= 4 is 23.2 Å². The van der Waals surface area contributed by atoms with E-state index in [4.69, 9.17) is 0 Å². The van der Waals surface area contributed by atoms with Crippen molar-refractivity contribution in [2.45, 2.75) is 32.7 Å². The third kappa shape index (κ3) is 4.39. The Labute approximate surface area is 153 Å². The highest BCUT2D eigenvalue weighted by Crippen LogP contribution is 2.22. The summed E-state index contributed by atoms with van der Waals surface area (Å²) in [7, 11) is 0. The first-order valence-electron chi connectivity index (χ1n) is 8.97. The van der Waals surface area contributed by atoms with Crippen LogP contribution < -0.4 is 15.5 Å². The fraction of sp³-hybridized carbons (Fsp3) is 0.350. The Balaban J connectivity index is 1.67. The Morgan fingerprint density at radius 2 is 1.58 bits per heavy atom. The summed E-state index contributed by atoms with van der Waals surface area (Å²) in [5.41, 5.74) is 2.32. The zero-order valence-electron chi connectivity index (χ0n) is 15.2. The van der Waals surface area contributed by atoms with Crippen LogP contribution >= 0.6 is 0 Å². The van der Waals surface area contributed by atoms with Crippen LogP contribution in [-0.4, -0.2) is 35.9 Å². The quantitative estimate of drug-likeness (QED) is 0.867. The van der Waals surface area contributed by atoms with Crippen LogP contribution in [0.25, 0.3) is 0 Å². The van der Waals surface area contributed by atoms with Gasteiger partial charge in [0.1, 0.15) is 11.4 Å². The van der Waals surface area contributed by atoms with E-state index in [0.29, 0.717) is 5.69 Å². The number of anilines is 2. The summed E-state index contributed by atoms with van der Waals surface area (Å²) >= 11 is 0. The Kier molecular flexibility index (Phi) is 5.51. The number of pyridine rings is 1. The molecule has 1 aliphatic heterocycles. The molecule has 1 fully saturated rings. The molecular formula is C20H24N4O2. The highest BCUT2D eigenvalue weighted by Gasteiger charge is 2.14. The molecule has 0 bridgehead atoms. The zero-order chi connectivity index (χ0) is 18.5. The van der Waals surface area contributed by atoms with E-state index in [1.54, 1.807) is 18.2 Å². The van der Waals surface area contributed by atoms with Gasteiger partial charge in [-0.1, -0.05) is 6.07 Å². The standard InChI is InChI=1S/C20H24N4O2/c1-14(2)21-19(25)17-6-5-7-18(23-17)20(26)22-15-8-10-16(11-9-15)24-12-3-4-13-24/h5-11,14H,3-4,12-13H2,1-2H3,(H,21,25)(H,22,26). The molecule has 2 heterocycles. The third-order valence-corrected chi connectivity index (χ3v) is 4.23. The number of nitrogens with zero attached hydrogens (tertiary/aromatic N) is 2. The van der Waals surface area contributed by atoms with Gasteiger partial charge in [-0.25, -0.2) is 4.98 Å². The number of benzene rings is 1. The van der Waals surface area contributed by atoms with Crippen molar-refractivity contribution in [3.8, 4) is 0 Å². The van der Waals surface area contributed by atoms with E-state index in [9.17, 15) is 9.59 Å². The molecule has 0 spiro atoms. The Bertz CT molecular complexity index is 781. The number of nitrogens with one attached hydrogen (secondary N) is 2. The minimum absolute atomic E-state index is 0.0101. The maximum absolute atomic E-state index is 12.4. The summed E-state index contributed by atoms with van der Waals surface area (Å²) in [5.74, 6) is -0.622. The van der Waals surface area contributed by atoms with Crippen LogP contribution in [0.2, 0.25) is 0 Å². The molecule has 0 radical (unpaired) electrons. The Hall–Kier alpha value is -2.89. The lowest BCUT2D eigenvalue weighted by Gasteiger charge is -2.17. The normalized spacial score (nSPS) is 13.7. The molecule has 136 valence electrons.